The minimum absolute atomic E-state index is 0. The number of ether oxygens (including phenoxy) is 1. The van der Waals surface area contributed by atoms with E-state index < -0.39 is 4.92 Å². The minimum Gasteiger partial charge on any atom is -0.490 e. The number of carbonyl (C=O) groups excluding carboxylic acids is 1. The van der Waals surface area contributed by atoms with Crippen molar-refractivity contribution in [2.75, 3.05) is 20.2 Å². The quantitative estimate of drug-likeness (QED) is 0.617. The van der Waals surface area contributed by atoms with Crippen LogP contribution in [-0.4, -0.2) is 31.0 Å². The standard InChI is InChI=1S/C18H19N3O4.ClH/c1-25-17-10-13(6-7-16(17)21(23)24)18(22)20-11-15-14-5-3-2-4-12(14)8-9-19-15;/h2-7,10,15,19H,8-9,11H2,1H3,(H,20,22);1H. The Bertz CT molecular complexity index is 813. The molecule has 1 unspecified atom stereocenters. The van der Waals surface area contributed by atoms with E-state index >= 15 is 0 Å². The van der Waals surface area contributed by atoms with Crippen LogP contribution in [-0.2, 0) is 6.42 Å². The van der Waals surface area contributed by atoms with Gasteiger partial charge < -0.3 is 15.4 Å². The van der Waals surface area contributed by atoms with E-state index in [9.17, 15) is 14.9 Å². The Morgan fingerprint density at radius 3 is 2.85 bits per heavy atom. The first-order valence-corrected chi connectivity index (χ1v) is 8.02. The van der Waals surface area contributed by atoms with E-state index in [-0.39, 0.29) is 35.8 Å². The molecule has 1 atom stereocenters. The SMILES string of the molecule is COc1cc(C(=O)NCC2NCCc3ccccc32)ccc1[N+](=O)[O-].Cl. The number of amides is 1. The predicted octanol–water partition coefficient (Wildman–Crippen LogP) is 2.64. The van der Waals surface area contributed by atoms with E-state index in [1.165, 1.54) is 36.4 Å². The number of halogens is 1. The number of benzene rings is 2. The van der Waals surface area contributed by atoms with Gasteiger partial charge in [-0.15, -0.1) is 12.4 Å². The lowest BCUT2D eigenvalue weighted by Crippen LogP contribution is -2.38. The van der Waals surface area contributed by atoms with Crippen molar-refractivity contribution in [3.8, 4) is 5.75 Å². The van der Waals surface area contributed by atoms with Crippen molar-refractivity contribution >= 4 is 24.0 Å². The number of fused-ring (bicyclic) bond motifs is 1. The molecule has 2 aromatic rings. The summed E-state index contributed by atoms with van der Waals surface area (Å²) in [5.74, 6) is -0.225. The third kappa shape index (κ3) is 4.12. The number of hydrogen-bond donors (Lipinski definition) is 2. The number of hydrogen-bond acceptors (Lipinski definition) is 5. The maximum absolute atomic E-state index is 12.4. The number of carbonyl (C=O) groups is 1. The summed E-state index contributed by atoms with van der Waals surface area (Å²) in [6.07, 6.45) is 0.972. The molecular weight excluding hydrogens is 358 g/mol. The van der Waals surface area contributed by atoms with Crippen LogP contribution < -0.4 is 15.4 Å². The molecular formula is C18H20ClN3O4. The molecule has 0 spiro atoms. The Balaban J connectivity index is 0.00000243. The molecule has 7 nitrogen and oxygen atoms in total. The van der Waals surface area contributed by atoms with E-state index in [4.69, 9.17) is 4.74 Å². The van der Waals surface area contributed by atoms with Crippen molar-refractivity contribution in [3.05, 3.63) is 69.3 Å². The van der Waals surface area contributed by atoms with Crippen LogP contribution in [0.2, 0.25) is 0 Å². The van der Waals surface area contributed by atoms with Gasteiger partial charge in [0.2, 0.25) is 0 Å². The zero-order chi connectivity index (χ0) is 17.8. The molecule has 0 fully saturated rings. The smallest absolute Gasteiger partial charge is 0.310 e. The summed E-state index contributed by atoms with van der Waals surface area (Å²) in [5, 5.41) is 17.2. The number of nitrogens with zero attached hydrogens (tertiary/aromatic N) is 1. The Morgan fingerprint density at radius 1 is 1.35 bits per heavy atom. The normalized spacial score (nSPS) is 15.3. The van der Waals surface area contributed by atoms with Gasteiger partial charge in [0.05, 0.1) is 12.0 Å². The van der Waals surface area contributed by atoms with Crippen LogP contribution in [0.5, 0.6) is 5.75 Å². The molecule has 26 heavy (non-hydrogen) atoms. The van der Waals surface area contributed by atoms with Crippen LogP contribution in [0, 0.1) is 10.1 Å². The van der Waals surface area contributed by atoms with Gasteiger partial charge in [-0.25, -0.2) is 0 Å². The lowest BCUT2D eigenvalue weighted by Gasteiger charge is -2.27. The third-order valence-electron chi connectivity index (χ3n) is 4.32. The van der Waals surface area contributed by atoms with Gasteiger partial charge in [0.15, 0.2) is 5.75 Å². The summed E-state index contributed by atoms with van der Waals surface area (Å²) in [6.45, 7) is 1.30. The summed E-state index contributed by atoms with van der Waals surface area (Å²) in [4.78, 5) is 22.8. The molecule has 2 N–H and O–H groups in total. The van der Waals surface area contributed by atoms with E-state index in [1.54, 1.807) is 0 Å². The maximum Gasteiger partial charge on any atom is 0.310 e. The number of nitrogens with one attached hydrogen (secondary N) is 2. The maximum atomic E-state index is 12.4. The van der Waals surface area contributed by atoms with Gasteiger partial charge in [0.1, 0.15) is 0 Å². The molecule has 0 bridgehead atoms. The molecule has 0 radical (unpaired) electrons. The summed E-state index contributed by atoms with van der Waals surface area (Å²) in [6, 6.07) is 12.3. The molecule has 2 aromatic carbocycles. The molecule has 0 saturated carbocycles. The molecule has 1 aliphatic heterocycles. The van der Waals surface area contributed by atoms with Gasteiger partial charge in [0, 0.05) is 30.3 Å². The van der Waals surface area contributed by atoms with Gasteiger partial charge in [0.25, 0.3) is 5.91 Å². The fourth-order valence-electron chi connectivity index (χ4n) is 3.04. The highest BCUT2D eigenvalue weighted by atomic mass is 35.5. The first-order chi connectivity index (χ1) is 12.1. The lowest BCUT2D eigenvalue weighted by atomic mass is 9.94. The molecule has 0 aromatic heterocycles. The molecule has 1 amide bonds. The summed E-state index contributed by atoms with van der Waals surface area (Å²) >= 11 is 0. The van der Waals surface area contributed by atoms with E-state index in [2.05, 4.69) is 22.8 Å². The topological polar surface area (TPSA) is 93.5 Å². The Hall–Kier alpha value is -2.64. The van der Waals surface area contributed by atoms with Crippen molar-refractivity contribution in [2.24, 2.45) is 0 Å². The number of rotatable bonds is 5. The molecule has 1 aliphatic rings. The van der Waals surface area contributed by atoms with Gasteiger partial charge >= 0.3 is 5.69 Å². The molecule has 138 valence electrons. The van der Waals surface area contributed by atoms with Crippen LogP contribution >= 0.6 is 12.4 Å². The van der Waals surface area contributed by atoms with Crippen LogP contribution in [0.25, 0.3) is 0 Å². The molecule has 1 heterocycles. The average molecular weight is 378 g/mol. The Morgan fingerprint density at radius 2 is 2.12 bits per heavy atom. The van der Waals surface area contributed by atoms with Crippen LogP contribution in [0.15, 0.2) is 42.5 Å². The van der Waals surface area contributed by atoms with Crippen molar-refractivity contribution in [1.82, 2.24) is 10.6 Å². The summed E-state index contributed by atoms with van der Waals surface area (Å²) in [7, 11) is 1.34. The first kappa shape index (κ1) is 19.7. The van der Waals surface area contributed by atoms with E-state index in [0.29, 0.717) is 12.1 Å². The molecule has 8 heteroatoms. The van der Waals surface area contributed by atoms with Crippen molar-refractivity contribution in [3.63, 3.8) is 0 Å². The fraction of sp³-hybridized carbons (Fsp3) is 0.278. The third-order valence-corrected chi connectivity index (χ3v) is 4.32. The first-order valence-electron chi connectivity index (χ1n) is 8.02. The van der Waals surface area contributed by atoms with Crippen molar-refractivity contribution in [2.45, 2.75) is 12.5 Å². The number of nitro benzene ring substituents is 1. The largest absolute Gasteiger partial charge is 0.490 e. The molecule has 3 rings (SSSR count). The number of nitro groups is 1. The minimum atomic E-state index is -0.538. The van der Waals surface area contributed by atoms with Crippen molar-refractivity contribution in [1.29, 1.82) is 0 Å². The van der Waals surface area contributed by atoms with Gasteiger partial charge in [-0.05, 0) is 30.2 Å². The second-order valence-electron chi connectivity index (χ2n) is 5.81. The van der Waals surface area contributed by atoms with Crippen LogP contribution in [0.4, 0.5) is 5.69 Å². The van der Waals surface area contributed by atoms with Crippen molar-refractivity contribution < 1.29 is 14.5 Å². The highest BCUT2D eigenvalue weighted by Crippen LogP contribution is 2.27. The Labute approximate surface area is 157 Å². The zero-order valence-corrected chi connectivity index (χ0v) is 15.0. The lowest BCUT2D eigenvalue weighted by molar-refractivity contribution is -0.385. The van der Waals surface area contributed by atoms with E-state index in [0.717, 1.165) is 13.0 Å². The van der Waals surface area contributed by atoms with Gasteiger partial charge in [-0.1, -0.05) is 24.3 Å². The van der Waals surface area contributed by atoms with Gasteiger partial charge in [-0.3, -0.25) is 14.9 Å². The highest BCUT2D eigenvalue weighted by molar-refractivity contribution is 5.95. The monoisotopic (exact) mass is 377 g/mol. The second-order valence-corrected chi connectivity index (χ2v) is 5.81. The van der Waals surface area contributed by atoms with E-state index in [1.807, 2.05) is 12.1 Å². The zero-order valence-electron chi connectivity index (χ0n) is 14.2. The summed E-state index contributed by atoms with van der Waals surface area (Å²) < 4.78 is 5.00. The summed E-state index contributed by atoms with van der Waals surface area (Å²) in [5.41, 5.74) is 2.64. The molecule has 0 aliphatic carbocycles. The second kappa shape index (κ2) is 8.64. The van der Waals surface area contributed by atoms with Crippen LogP contribution in [0.3, 0.4) is 0 Å². The Kier molecular flexibility index (Phi) is 6.54. The fourth-order valence-corrected chi connectivity index (χ4v) is 3.04. The average Bonchev–Trinajstić information content (AvgIpc) is 2.65. The van der Waals surface area contributed by atoms with Crippen LogP contribution in [0.1, 0.15) is 27.5 Å². The highest BCUT2D eigenvalue weighted by Gasteiger charge is 2.21. The number of methoxy groups -OCH3 is 1. The molecule has 0 saturated heterocycles. The van der Waals surface area contributed by atoms with Gasteiger partial charge in [-0.2, -0.15) is 0 Å². The predicted molar refractivity (Wildman–Crippen MR) is 100 cm³/mol.